The first-order valence-electron chi connectivity index (χ1n) is 4.99. The second-order valence-electron chi connectivity index (χ2n) is 3.80. The number of hydrogen-bond acceptors (Lipinski definition) is 4. The smallest absolute Gasteiger partial charge is 0.385 e. The Morgan fingerprint density at radius 2 is 1.84 bits per heavy atom. The summed E-state index contributed by atoms with van der Waals surface area (Å²) in [4.78, 5) is 21.2. The van der Waals surface area contributed by atoms with Gasteiger partial charge in [-0.25, -0.2) is 0 Å². The van der Waals surface area contributed by atoms with Gasteiger partial charge in [0.2, 0.25) is 5.91 Å². The van der Waals surface area contributed by atoms with Gasteiger partial charge in [-0.2, -0.15) is 13.2 Å². The van der Waals surface area contributed by atoms with Crippen molar-refractivity contribution < 1.29 is 33.0 Å². The number of primary amides is 1. The number of aliphatic hydroxyl groups excluding tert-OH is 2. The molecule has 0 saturated carbocycles. The third-order valence-electron chi connectivity index (χ3n) is 2.37. The third-order valence-corrected chi connectivity index (χ3v) is 2.37. The van der Waals surface area contributed by atoms with Crippen LogP contribution in [0.5, 0.6) is 0 Å². The zero-order chi connectivity index (χ0) is 14.8. The fourth-order valence-corrected chi connectivity index (χ4v) is 1.42. The summed E-state index contributed by atoms with van der Waals surface area (Å²) in [7, 11) is 0. The molecule has 0 heterocycles. The summed E-state index contributed by atoms with van der Waals surface area (Å²) in [5.41, 5.74) is 2.78. The lowest BCUT2D eigenvalue weighted by atomic mass is 9.98. The Hall–Kier alpha value is -1.93. The Morgan fingerprint density at radius 3 is 2.26 bits per heavy atom. The molecule has 0 aromatic heterocycles. The fraction of sp³-hybridized carbons (Fsp3) is 0.273. The van der Waals surface area contributed by atoms with Crippen molar-refractivity contribution in [3.05, 3.63) is 34.9 Å². The predicted molar refractivity (Wildman–Crippen MR) is 57.0 cm³/mol. The van der Waals surface area contributed by atoms with E-state index >= 15 is 0 Å². The summed E-state index contributed by atoms with van der Waals surface area (Å²) in [6, 6.07) is 2.04. The first kappa shape index (κ1) is 15.1. The molecule has 0 saturated heterocycles. The van der Waals surface area contributed by atoms with Crippen LogP contribution in [0.1, 0.15) is 27.6 Å². The van der Waals surface area contributed by atoms with Crippen LogP contribution in [0.15, 0.2) is 18.2 Å². The maximum Gasteiger partial charge on any atom is 0.416 e. The molecule has 2 unspecified atom stereocenters. The molecule has 5 nitrogen and oxygen atoms in total. The lowest BCUT2D eigenvalue weighted by Gasteiger charge is -2.17. The van der Waals surface area contributed by atoms with Gasteiger partial charge in [0.1, 0.15) is 12.4 Å². The van der Waals surface area contributed by atoms with Crippen LogP contribution in [-0.4, -0.2) is 28.5 Å². The highest BCUT2D eigenvalue weighted by atomic mass is 19.4. The Morgan fingerprint density at radius 1 is 1.26 bits per heavy atom. The molecule has 0 fully saturated rings. The van der Waals surface area contributed by atoms with Crippen molar-refractivity contribution >= 4 is 12.2 Å². The molecule has 1 rings (SSSR count). The van der Waals surface area contributed by atoms with Crippen LogP contribution in [0.3, 0.4) is 0 Å². The van der Waals surface area contributed by atoms with Crippen molar-refractivity contribution in [2.45, 2.75) is 18.4 Å². The van der Waals surface area contributed by atoms with Gasteiger partial charge in [0.25, 0.3) is 0 Å². The molecule has 0 bridgehead atoms. The number of aliphatic hydroxyl groups is 2. The van der Waals surface area contributed by atoms with E-state index in [1.165, 1.54) is 0 Å². The van der Waals surface area contributed by atoms with Gasteiger partial charge >= 0.3 is 6.18 Å². The number of rotatable bonds is 4. The second-order valence-corrected chi connectivity index (χ2v) is 3.80. The molecular weight excluding hydrogens is 267 g/mol. The molecule has 0 radical (unpaired) electrons. The topological polar surface area (TPSA) is 101 Å². The zero-order valence-corrected chi connectivity index (χ0v) is 9.39. The SMILES string of the molecule is NC(=O)C(O)C(O)c1cc(C=O)cc(C(F)(F)F)c1. The first-order valence-corrected chi connectivity index (χ1v) is 4.99. The van der Waals surface area contributed by atoms with E-state index in [-0.39, 0.29) is 11.8 Å². The van der Waals surface area contributed by atoms with Gasteiger partial charge in [-0.3, -0.25) is 9.59 Å². The summed E-state index contributed by atoms with van der Waals surface area (Å²) in [5, 5.41) is 18.7. The average molecular weight is 277 g/mol. The van der Waals surface area contributed by atoms with Gasteiger partial charge in [0, 0.05) is 5.56 Å². The highest BCUT2D eigenvalue weighted by Gasteiger charge is 2.33. The molecule has 0 aliphatic rings. The number of aldehydes is 1. The average Bonchev–Trinajstić information content (AvgIpc) is 2.35. The summed E-state index contributed by atoms with van der Waals surface area (Å²) in [5.74, 6) is -1.29. The summed E-state index contributed by atoms with van der Waals surface area (Å²) in [6.07, 6.45) is -8.59. The van der Waals surface area contributed by atoms with Crippen LogP contribution in [0.25, 0.3) is 0 Å². The van der Waals surface area contributed by atoms with E-state index in [2.05, 4.69) is 0 Å². The predicted octanol–water partition coefficient (Wildman–Crippen LogP) is 0.397. The second kappa shape index (κ2) is 5.37. The van der Waals surface area contributed by atoms with Gasteiger partial charge in [-0.15, -0.1) is 0 Å². The van der Waals surface area contributed by atoms with Crippen LogP contribution in [0.4, 0.5) is 13.2 Å². The molecule has 2 atom stereocenters. The van der Waals surface area contributed by atoms with Crippen molar-refractivity contribution in [3.63, 3.8) is 0 Å². The zero-order valence-electron chi connectivity index (χ0n) is 9.39. The van der Waals surface area contributed by atoms with Crippen molar-refractivity contribution in [2.75, 3.05) is 0 Å². The molecule has 8 heteroatoms. The molecule has 19 heavy (non-hydrogen) atoms. The maximum atomic E-state index is 12.6. The fourth-order valence-electron chi connectivity index (χ4n) is 1.42. The summed E-state index contributed by atoms with van der Waals surface area (Å²) >= 11 is 0. The van der Waals surface area contributed by atoms with Gasteiger partial charge in [-0.1, -0.05) is 0 Å². The molecule has 1 aromatic carbocycles. The Labute approximate surface area is 105 Å². The molecule has 0 aliphatic carbocycles. The van der Waals surface area contributed by atoms with Crippen molar-refractivity contribution in [1.29, 1.82) is 0 Å². The number of nitrogens with two attached hydrogens (primary N) is 1. The third kappa shape index (κ3) is 3.52. The van der Waals surface area contributed by atoms with Crippen LogP contribution in [-0.2, 0) is 11.0 Å². The minimum atomic E-state index is -4.73. The molecule has 104 valence electrons. The Bertz CT molecular complexity index is 501. The Kier molecular flexibility index (Phi) is 4.28. The number of hydrogen-bond donors (Lipinski definition) is 3. The molecular formula is C11H10F3NO4. The molecule has 1 aromatic rings. The molecule has 1 amide bonds. The lowest BCUT2D eigenvalue weighted by molar-refractivity contribution is -0.137. The maximum absolute atomic E-state index is 12.6. The standard InChI is InChI=1S/C11H10F3NO4/c12-11(13,14)7-2-5(4-16)1-6(3-7)8(17)9(18)10(15)19/h1-4,8-9,17-18H,(H2,15,19). The van der Waals surface area contributed by atoms with E-state index in [1.807, 2.05) is 0 Å². The highest BCUT2D eigenvalue weighted by Crippen LogP contribution is 2.32. The van der Waals surface area contributed by atoms with Crippen LogP contribution < -0.4 is 5.73 Å². The Balaban J connectivity index is 3.28. The molecule has 4 N–H and O–H groups in total. The van der Waals surface area contributed by atoms with E-state index in [9.17, 15) is 33.0 Å². The first-order chi connectivity index (χ1) is 8.66. The number of amides is 1. The van der Waals surface area contributed by atoms with E-state index in [4.69, 9.17) is 5.73 Å². The van der Waals surface area contributed by atoms with E-state index < -0.39 is 35.4 Å². The normalized spacial score (nSPS) is 14.8. The summed E-state index contributed by atoms with van der Waals surface area (Å²) < 4.78 is 37.7. The van der Waals surface area contributed by atoms with Crippen LogP contribution in [0, 0.1) is 0 Å². The van der Waals surface area contributed by atoms with Crippen LogP contribution in [0.2, 0.25) is 0 Å². The number of alkyl halides is 3. The minimum Gasteiger partial charge on any atom is -0.385 e. The number of halogens is 3. The quantitative estimate of drug-likeness (QED) is 0.693. The van der Waals surface area contributed by atoms with Gasteiger partial charge < -0.3 is 15.9 Å². The molecule has 0 spiro atoms. The van der Waals surface area contributed by atoms with Gasteiger partial charge in [0.15, 0.2) is 6.10 Å². The lowest BCUT2D eigenvalue weighted by Crippen LogP contribution is -2.34. The highest BCUT2D eigenvalue weighted by molar-refractivity contribution is 5.80. The molecule has 0 aliphatic heterocycles. The monoisotopic (exact) mass is 277 g/mol. The number of benzene rings is 1. The minimum absolute atomic E-state index is 0.155. The largest absolute Gasteiger partial charge is 0.416 e. The van der Waals surface area contributed by atoms with Crippen molar-refractivity contribution in [2.24, 2.45) is 5.73 Å². The van der Waals surface area contributed by atoms with Crippen LogP contribution >= 0.6 is 0 Å². The van der Waals surface area contributed by atoms with E-state index in [1.54, 1.807) is 0 Å². The number of carbonyl (C=O) groups excluding carboxylic acids is 2. The van der Waals surface area contributed by atoms with Crippen molar-refractivity contribution in [1.82, 2.24) is 0 Å². The summed E-state index contributed by atoms with van der Waals surface area (Å²) in [6.45, 7) is 0. The van der Waals surface area contributed by atoms with Crippen molar-refractivity contribution in [3.8, 4) is 0 Å². The number of carbonyl (C=O) groups is 2. The van der Waals surface area contributed by atoms with Gasteiger partial charge in [-0.05, 0) is 23.8 Å². The van der Waals surface area contributed by atoms with E-state index in [0.29, 0.717) is 12.1 Å². The van der Waals surface area contributed by atoms with Gasteiger partial charge in [0.05, 0.1) is 5.56 Å². The van der Waals surface area contributed by atoms with E-state index in [0.717, 1.165) is 6.07 Å².